The summed E-state index contributed by atoms with van der Waals surface area (Å²) in [6.07, 6.45) is 0. The first-order valence-corrected chi connectivity index (χ1v) is 7.81. The van der Waals surface area contributed by atoms with E-state index in [4.69, 9.17) is 10.8 Å². The molecule has 0 saturated heterocycles. The zero-order valence-corrected chi connectivity index (χ0v) is 12.6. The van der Waals surface area contributed by atoms with E-state index in [-0.39, 0.29) is 5.82 Å². The molecule has 3 N–H and O–H groups in total. The van der Waals surface area contributed by atoms with Crippen molar-refractivity contribution in [1.29, 1.82) is 0 Å². The molecule has 1 atom stereocenters. The topological polar surface area (TPSA) is 63.3 Å². The summed E-state index contributed by atoms with van der Waals surface area (Å²) in [5, 5.41) is 8.90. The van der Waals surface area contributed by atoms with Gasteiger partial charge in [0.25, 0.3) is 0 Å². The summed E-state index contributed by atoms with van der Waals surface area (Å²) >= 11 is 2.91. The number of hydrogen-bond donors (Lipinski definition) is 2. The molecule has 106 valence electrons. The van der Waals surface area contributed by atoms with Gasteiger partial charge in [-0.3, -0.25) is 4.79 Å². The van der Waals surface area contributed by atoms with Gasteiger partial charge in [0.15, 0.2) is 0 Å². The number of thioether (sulfide) groups is 2. The maximum atomic E-state index is 13.4. The lowest BCUT2D eigenvalue weighted by atomic mass is 10.1. The van der Waals surface area contributed by atoms with Gasteiger partial charge in [0, 0.05) is 21.1 Å². The van der Waals surface area contributed by atoms with Gasteiger partial charge in [-0.2, -0.15) is 11.8 Å². The van der Waals surface area contributed by atoms with E-state index in [0.29, 0.717) is 16.4 Å². The molecule has 19 heavy (non-hydrogen) atoms. The molecule has 0 spiro atoms. The summed E-state index contributed by atoms with van der Waals surface area (Å²) in [7, 11) is 0. The molecule has 1 rings (SSSR count). The number of aliphatic carboxylic acids is 1. The fourth-order valence-electron chi connectivity index (χ4n) is 1.41. The zero-order valence-electron chi connectivity index (χ0n) is 10.9. The van der Waals surface area contributed by atoms with E-state index < -0.39 is 16.8 Å². The minimum Gasteiger partial charge on any atom is -0.480 e. The summed E-state index contributed by atoms with van der Waals surface area (Å²) in [4.78, 5) is 11.5. The van der Waals surface area contributed by atoms with E-state index in [2.05, 4.69) is 0 Å². The maximum absolute atomic E-state index is 13.4. The van der Waals surface area contributed by atoms with Gasteiger partial charge in [0.1, 0.15) is 11.9 Å². The van der Waals surface area contributed by atoms with Crippen molar-refractivity contribution in [2.75, 3.05) is 11.5 Å². The molecular weight excluding hydrogens is 285 g/mol. The van der Waals surface area contributed by atoms with E-state index in [0.717, 1.165) is 0 Å². The average molecular weight is 303 g/mol. The number of carboxylic acid groups (broad SMARTS) is 1. The van der Waals surface area contributed by atoms with Crippen LogP contribution in [-0.4, -0.2) is 33.4 Å². The highest BCUT2D eigenvalue weighted by atomic mass is 32.2. The highest BCUT2D eigenvalue weighted by Crippen LogP contribution is 2.30. The molecular formula is C13H18FNO2S2. The van der Waals surface area contributed by atoms with Crippen molar-refractivity contribution in [1.82, 2.24) is 0 Å². The predicted octanol–water partition coefficient (Wildman–Crippen LogP) is 2.84. The van der Waals surface area contributed by atoms with Crippen LogP contribution in [0.2, 0.25) is 0 Å². The summed E-state index contributed by atoms with van der Waals surface area (Å²) < 4.78 is 12.8. The van der Waals surface area contributed by atoms with Gasteiger partial charge in [-0.05, 0) is 26.0 Å². The standard InChI is InChI=1S/C13H18FNO2S2/c1-13(2,11(15)12(16)17)19-8-7-18-10-6-4-3-5-9(10)14/h3-6,11H,7-8,15H2,1-2H3,(H,16,17)/t11-/m0/s1. The Morgan fingerprint density at radius 2 is 2.05 bits per heavy atom. The van der Waals surface area contributed by atoms with E-state index in [1.54, 1.807) is 18.2 Å². The first-order chi connectivity index (χ1) is 8.84. The first kappa shape index (κ1) is 16.3. The molecule has 0 radical (unpaired) electrons. The lowest BCUT2D eigenvalue weighted by Crippen LogP contribution is -2.46. The van der Waals surface area contributed by atoms with Crippen LogP contribution in [0.4, 0.5) is 4.39 Å². The van der Waals surface area contributed by atoms with Crippen LogP contribution < -0.4 is 5.73 Å². The molecule has 0 aromatic heterocycles. The molecule has 0 unspecified atom stereocenters. The SMILES string of the molecule is CC(C)(SCCSc1ccccc1F)[C@@H](N)C(=O)O. The highest BCUT2D eigenvalue weighted by molar-refractivity contribution is 8.03. The molecule has 0 fully saturated rings. The Balaban J connectivity index is 2.39. The highest BCUT2D eigenvalue weighted by Gasteiger charge is 2.32. The molecule has 0 aliphatic carbocycles. The van der Waals surface area contributed by atoms with Crippen LogP contribution in [0.1, 0.15) is 13.8 Å². The van der Waals surface area contributed by atoms with Crippen LogP contribution in [0.15, 0.2) is 29.2 Å². The lowest BCUT2D eigenvalue weighted by Gasteiger charge is -2.27. The van der Waals surface area contributed by atoms with Gasteiger partial charge >= 0.3 is 5.97 Å². The second-order valence-corrected chi connectivity index (χ2v) is 7.43. The van der Waals surface area contributed by atoms with E-state index in [1.807, 2.05) is 13.8 Å². The molecule has 3 nitrogen and oxygen atoms in total. The number of halogens is 1. The Bertz CT molecular complexity index is 440. The lowest BCUT2D eigenvalue weighted by molar-refractivity contribution is -0.139. The average Bonchev–Trinajstić information content (AvgIpc) is 2.35. The summed E-state index contributed by atoms with van der Waals surface area (Å²) in [5.74, 6) is 0.201. The summed E-state index contributed by atoms with van der Waals surface area (Å²) in [6.45, 7) is 3.62. The van der Waals surface area contributed by atoms with Crippen molar-refractivity contribution in [2.24, 2.45) is 5.73 Å². The quantitative estimate of drug-likeness (QED) is 0.599. The Morgan fingerprint density at radius 3 is 2.63 bits per heavy atom. The fourth-order valence-corrected chi connectivity index (χ4v) is 3.48. The monoisotopic (exact) mass is 303 g/mol. The molecule has 0 heterocycles. The Kier molecular flexibility index (Phi) is 6.16. The van der Waals surface area contributed by atoms with Crippen molar-refractivity contribution >= 4 is 29.5 Å². The Labute approximate surface area is 121 Å². The number of benzene rings is 1. The van der Waals surface area contributed by atoms with Gasteiger partial charge in [-0.15, -0.1) is 11.8 Å². The Hall–Kier alpha value is -0.720. The van der Waals surface area contributed by atoms with Gasteiger partial charge in [-0.25, -0.2) is 4.39 Å². The van der Waals surface area contributed by atoms with Crippen LogP contribution in [-0.2, 0) is 4.79 Å². The zero-order chi connectivity index (χ0) is 14.5. The normalized spacial score (nSPS) is 13.3. The van der Waals surface area contributed by atoms with Gasteiger partial charge in [-0.1, -0.05) is 12.1 Å². The number of rotatable bonds is 7. The number of nitrogens with two attached hydrogens (primary N) is 1. The largest absolute Gasteiger partial charge is 0.480 e. The van der Waals surface area contributed by atoms with E-state index in [1.165, 1.54) is 29.6 Å². The smallest absolute Gasteiger partial charge is 0.321 e. The molecule has 0 bridgehead atoms. The van der Waals surface area contributed by atoms with Gasteiger partial charge in [0.05, 0.1) is 0 Å². The van der Waals surface area contributed by atoms with Crippen LogP contribution in [0.3, 0.4) is 0 Å². The van der Waals surface area contributed by atoms with Gasteiger partial charge < -0.3 is 10.8 Å². The van der Waals surface area contributed by atoms with Crippen molar-refractivity contribution in [2.45, 2.75) is 29.5 Å². The van der Waals surface area contributed by atoms with Crippen LogP contribution in [0.5, 0.6) is 0 Å². The molecule has 1 aromatic carbocycles. The van der Waals surface area contributed by atoms with Crippen molar-refractivity contribution < 1.29 is 14.3 Å². The third-order valence-corrected chi connectivity index (χ3v) is 5.38. The third-order valence-electron chi connectivity index (χ3n) is 2.67. The van der Waals surface area contributed by atoms with Crippen LogP contribution >= 0.6 is 23.5 Å². The molecule has 6 heteroatoms. The molecule has 0 saturated carbocycles. The van der Waals surface area contributed by atoms with Crippen molar-refractivity contribution in [3.63, 3.8) is 0 Å². The number of carboxylic acids is 1. The summed E-state index contributed by atoms with van der Waals surface area (Å²) in [5.41, 5.74) is 5.62. The molecule has 0 aliphatic heterocycles. The van der Waals surface area contributed by atoms with Crippen molar-refractivity contribution in [3.8, 4) is 0 Å². The second kappa shape index (κ2) is 7.17. The molecule has 0 aliphatic rings. The number of carbonyl (C=O) groups is 1. The van der Waals surface area contributed by atoms with Crippen molar-refractivity contribution in [3.05, 3.63) is 30.1 Å². The van der Waals surface area contributed by atoms with Crippen LogP contribution in [0.25, 0.3) is 0 Å². The second-order valence-electron chi connectivity index (χ2n) is 4.55. The van der Waals surface area contributed by atoms with E-state index in [9.17, 15) is 9.18 Å². The predicted molar refractivity (Wildman–Crippen MR) is 79.3 cm³/mol. The minimum absolute atomic E-state index is 0.223. The third kappa shape index (κ3) is 5.04. The Morgan fingerprint density at radius 1 is 1.42 bits per heavy atom. The van der Waals surface area contributed by atoms with Gasteiger partial charge in [0.2, 0.25) is 0 Å². The molecule has 1 aromatic rings. The first-order valence-electron chi connectivity index (χ1n) is 5.84. The number of hydrogen-bond acceptors (Lipinski definition) is 4. The van der Waals surface area contributed by atoms with E-state index >= 15 is 0 Å². The summed E-state index contributed by atoms with van der Waals surface area (Å²) in [6, 6.07) is 5.71. The van der Waals surface area contributed by atoms with Crippen LogP contribution in [0, 0.1) is 5.82 Å². The minimum atomic E-state index is -1.00. The fraction of sp³-hybridized carbons (Fsp3) is 0.462. The maximum Gasteiger partial charge on any atom is 0.321 e. The molecule has 0 amide bonds.